The predicted octanol–water partition coefficient (Wildman–Crippen LogP) is 0.883. The zero-order valence-corrected chi connectivity index (χ0v) is 12.4. The summed E-state index contributed by atoms with van der Waals surface area (Å²) >= 11 is 0. The summed E-state index contributed by atoms with van der Waals surface area (Å²) < 4.78 is 0. The Hall–Kier alpha value is -0.810. The van der Waals surface area contributed by atoms with E-state index in [1.54, 1.807) is 4.90 Å². The van der Waals surface area contributed by atoms with Crippen molar-refractivity contribution >= 4 is 6.03 Å². The molecular formula is C15H27N3O2. The SMILES string of the molecule is CC1CCN(C(=O)NCC2CCN(C3CC3)C2)CC1O. The van der Waals surface area contributed by atoms with Crippen LogP contribution in [-0.4, -0.2) is 65.8 Å². The van der Waals surface area contributed by atoms with Gasteiger partial charge in [-0.1, -0.05) is 6.92 Å². The predicted molar refractivity (Wildman–Crippen MR) is 77.5 cm³/mol. The number of aliphatic hydroxyl groups excluding tert-OH is 1. The van der Waals surface area contributed by atoms with Crippen LogP contribution in [0.4, 0.5) is 4.79 Å². The molecule has 2 heterocycles. The Balaban J connectivity index is 1.38. The number of hydrogen-bond donors (Lipinski definition) is 2. The normalized spacial score (nSPS) is 35.3. The molecule has 3 rings (SSSR count). The molecule has 2 aliphatic heterocycles. The van der Waals surface area contributed by atoms with E-state index in [-0.39, 0.29) is 12.1 Å². The van der Waals surface area contributed by atoms with Crippen LogP contribution in [0.5, 0.6) is 0 Å². The molecule has 20 heavy (non-hydrogen) atoms. The summed E-state index contributed by atoms with van der Waals surface area (Å²) in [5.74, 6) is 0.911. The monoisotopic (exact) mass is 281 g/mol. The standard InChI is InChI=1S/C15H27N3O2/c1-11-4-6-18(10-14(11)19)15(20)16-8-12-5-7-17(9-12)13-2-3-13/h11-14,19H,2-10H2,1H3,(H,16,20). The van der Waals surface area contributed by atoms with Crippen molar-refractivity contribution in [1.29, 1.82) is 0 Å². The molecule has 0 spiro atoms. The molecular weight excluding hydrogens is 254 g/mol. The molecule has 0 aromatic rings. The largest absolute Gasteiger partial charge is 0.391 e. The average molecular weight is 281 g/mol. The second-order valence-corrected chi connectivity index (χ2v) is 6.85. The number of carbonyl (C=O) groups excluding carboxylic acids is 1. The Morgan fingerprint density at radius 3 is 2.70 bits per heavy atom. The Labute approximate surface area is 121 Å². The average Bonchev–Trinajstić information content (AvgIpc) is 3.18. The number of nitrogens with one attached hydrogen (secondary N) is 1. The van der Waals surface area contributed by atoms with Gasteiger partial charge in [-0.3, -0.25) is 0 Å². The Morgan fingerprint density at radius 2 is 2.00 bits per heavy atom. The molecule has 3 atom stereocenters. The molecule has 1 aliphatic carbocycles. The molecule has 0 aromatic carbocycles. The van der Waals surface area contributed by atoms with Crippen LogP contribution in [0.3, 0.4) is 0 Å². The molecule has 0 aromatic heterocycles. The molecule has 5 heteroatoms. The molecule has 2 saturated heterocycles. The van der Waals surface area contributed by atoms with Gasteiger partial charge in [0.25, 0.3) is 0 Å². The number of piperidine rings is 1. The fourth-order valence-electron chi connectivity index (χ4n) is 3.38. The number of rotatable bonds is 3. The van der Waals surface area contributed by atoms with Gasteiger partial charge in [-0.15, -0.1) is 0 Å². The van der Waals surface area contributed by atoms with Crippen molar-refractivity contribution in [2.24, 2.45) is 11.8 Å². The summed E-state index contributed by atoms with van der Waals surface area (Å²) in [5.41, 5.74) is 0. The van der Waals surface area contributed by atoms with E-state index in [1.165, 1.54) is 25.8 Å². The van der Waals surface area contributed by atoms with Crippen molar-refractivity contribution in [2.45, 2.75) is 44.8 Å². The van der Waals surface area contributed by atoms with Gasteiger partial charge in [-0.2, -0.15) is 0 Å². The quantitative estimate of drug-likeness (QED) is 0.807. The van der Waals surface area contributed by atoms with Crippen LogP contribution in [0.2, 0.25) is 0 Å². The maximum Gasteiger partial charge on any atom is 0.317 e. The molecule has 0 radical (unpaired) electrons. The Morgan fingerprint density at radius 1 is 1.20 bits per heavy atom. The van der Waals surface area contributed by atoms with E-state index in [0.29, 0.717) is 18.4 Å². The van der Waals surface area contributed by atoms with Crippen LogP contribution in [0.25, 0.3) is 0 Å². The van der Waals surface area contributed by atoms with Crippen molar-refractivity contribution in [3.8, 4) is 0 Å². The van der Waals surface area contributed by atoms with E-state index in [2.05, 4.69) is 10.2 Å². The van der Waals surface area contributed by atoms with Crippen molar-refractivity contribution in [1.82, 2.24) is 15.1 Å². The van der Waals surface area contributed by atoms with Gasteiger partial charge in [0.15, 0.2) is 0 Å². The first-order valence-corrected chi connectivity index (χ1v) is 8.08. The van der Waals surface area contributed by atoms with Gasteiger partial charge in [0.2, 0.25) is 0 Å². The molecule has 5 nitrogen and oxygen atoms in total. The topological polar surface area (TPSA) is 55.8 Å². The number of nitrogens with zero attached hydrogens (tertiary/aromatic N) is 2. The molecule has 2 N–H and O–H groups in total. The van der Waals surface area contributed by atoms with Crippen molar-refractivity contribution in [2.75, 3.05) is 32.7 Å². The van der Waals surface area contributed by atoms with Crippen LogP contribution in [0.1, 0.15) is 32.6 Å². The van der Waals surface area contributed by atoms with E-state index in [1.807, 2.05) is 6.92 Å². The highest BCUT2D eigenvalue weighted by Crippen LogP contribution is 2.31. The highest BCUT2D eigenvalue weighted by atomic mass is 16.3. The highest BCUT2D eigenvalue weighted by Gasteiger charge is 2.34. The minimum absolute atomic E-state index is 0.000761. The second kappa shape index (κ2) is 5.90. The molecule has 0 bridgehead atoms. The van der Waals surface area contributed by atoms with Gasteiger partial charge >= 0.3 is 6.03 Å². The number of urea groups is 1. The van der Waals surface area contributed by atoms with E-state index >= 15 is 0 Å². The van der Waals surface area contributed by atoms with E-state index in [0.717, 1.165) is 32.1 Å². The van der Waals surface area contributed by atoms with Crippen molar-refractivity contribution in [3.63, 3.8) is 0 Å². The lowest BCUT2D eigenvalue weighted by Gasteiger charge is -2.34. The van der Waals surface area contributed by atoms with Crippen LogP contribution >= 0.6 is 0 Å². The molecule has 3 fully saturated rings. The molecule has 114 valence electrons. The molecule has 3 aliphatic rings. The number of amides is 2. The third kappa shape index (κ3) is 3.26. The van der Waals surface area contributed by atoms with Gasteiger partial charge in [-0.05, 0) is 44.1 Å². The molecule has 3 unspecified atom stereocenters. The fourth-order valence-corrected chi connectivity index (χ4v) is 3.38. The number of β-amino-alcohol motifs (C(OH)–C–C–N with tert-alkyl or cyclic N) is 1. The van der Waals surface area contributed by atoms with Gasteiger partial charge in [0.05, 0.1) is 6.10 Å². The van der Waals surface area contributed by atoms with Gasteiger partial charge in [0.1, 0.15) is 0 Å². The smallest absolute Gasteiger partial charge is 0.317 e. The number of aliphatic hydroxyl groups is 1. The summed E-state index contributed by atoms with van der Waals surface area (Å²) in [6.45, 7) is 6.42. The lowest BCUT2D eigenvalue weighted by atomic mass is 9.96. The number of carbonyl (C=O) groups is 1. The van der Waals surface area contributed by atoms with E-state index < -0.39 is 0 Å². The minimum atomic E-state index is -0.369. The Kier molecular flexibility index (Phi) is 4.17. The lowest BCUT2D eigenvalue weighted by Crippen LogP contribution is -2.50. The van der Waals surface area contributed by atoms with Gasteiger partial charge in [0, 0.05) is 32.2 Å². The third-order valence-electron chi connectivity index (χ3n) is 5.13. The summed E-state index contributed by atoms with van der Waals surface area (Å²) in [6, 6.07) is 0.843. The maximum atomic E-state index is 12.1. The summed E-state index contributed by atoms with van der Waals surface area (Å²) in [6.07, 6.45) is 4.46. The fraction of sp³-hybridized carbons (Fsp3) is 0.933. The molecule has 2 amide bonds. The zero-order valence-electron chi connectivity index (χ0n) is 12.4. The third-order valence-corrected chi connectivity index (χ3v) is 5.13. The lowest BCUT2D eigenvalue weighted by molar-refractivity contribution is 0.0434. The van der Waals surface area contributed by atoms with Crippen LogP contribution in [0.15, 0.2) is 0 Å². The van der Waals surface area contributed by atoms with Crippen LogP contribution < -0.4 is 5.32 Å². The summed E-state index contributed by atoms with van der Waals surface area (Å²) in [7, 11) is 0. The van der Waals surface area contributed by atoms with Crippen molar-refractivity contribution < 1.29 is 9.90 Å². The van der Waals surface area contributed by atoms with E-state index in [9.17, 15) is 9.90 Å². The molecule has 1 saturated carbocycles. The van der Waals surface area contributed by atoms with Gasteiger partial charge in [-0.25, -0.2) is 4.79 Å². The van der Waals surface area contributed by atoms with Gasteiger partial charge < -0.3 is 20.2 Å². The highest BCUT2D eigenvalue weighted by molar-refractivity contribution is 5.74. The summed E-state index contributed by atoms with van der Waals surface area (Å²) in [5, 5.41) is 12.9. The first-order chi connectivity index (χ1) is 9.63. The number of likely N-dealkylation sites (tertiary alicyclic amines) is 2. The zero-order chi connectivity index (χ0) is 14.1. The van der Waals surface area contributed by atoms with Crippen LogP contribution in [0, 0.1) is 11.8 Å². The number of hydrogen-bond acceptors (Lipinski definition) is 3. The second-order valence-electron chi connectivity index (χ2n) is 6.85. The van der Waals surface area contributed by atoms with Crippen molar-refractivity contribution in [3.05, 3.63) is 0 Å². The Bertz CT molecular complexity index is 359. The minimum Gasteiger partial charge on any atom is -0.391 e. The van der Waals surface area contributed by atoms with Crippen LogP contribution in [-0.2, 0) is 0 Å². The summed E-state index contributed by atoms with van der Waals surface area (Å²) in [4.78, 5) is 16.5. The maximum absolute atomic E-state index is 12.1. The first kappa shape index (κ1) is 14.1. The van der Waals surface area contributed by atoms with E-state index in [4.69, 9.17) is 0 Å². The first-order valence-electron chi connectivity index (χ1n) is 8.08.